The van der Waals surface area contributed by atoms with E-state index in [1.54, 1.807) is 31.6 Å². The Bertz CT molecular complexity index is 560. The van der Waals surface area contributed by atoms with Crippen molar-refractivity contribution in [1.82, 2.24) is 10.3 Å². The molecule has 3 nitrogen and oxygen atoms in total. The molecule has 106 valence electrons. The molecule has 0 aliphatic heterocycles. The van der Waals surface area contributed by atoms with E-state index in [1.165, 1.54) is 6.07 Å². The Labute approximate surface area is 118 Å². The molecule has 1 N–H and O–H groups in total. The Morgan fingerprint density at radius 3 is 2.50 bits per heavy atom. The van der Waals surface area contributed by atoms with Gasteiger partial charge in [-0.25, -0.2) is 4.39 Å². The lowest BCUT2D eigenvalue weighted by molar-refractivity contribution is 0.384. The van der Waals surface area contributed by atoms with E-state index in [1.807, 2.05) is 19.2 Å². The van der Waals surface area contributed by atoms with E-state index in [0.29, 0.717) is 11.3 Å². The van der Waals surface area contributed by atoms with Gasteiger partial charge in [-0.3, -0.25) is 4.98 Å². The Morgan fingerprint density at radius 2 is 1.90 bits per heavy atom. The van der Waals surface area contributed by atoms with Crippen LogP contribution in [0.3, 0.4) is 0 Å². The molecule has 1 heterocycles. The largest absolute Gasteiger partial charge is 0.496 e. The maximum Gasteiger partial charge on any atom is 0.131 e. The Kier molecular flexibility index (Phi) is 4.69. The minimum atomic E-state index is -0.260. The van der Waals surface area contributed by atoms with Gasteiger partial charge in [-0.15, -0.1) is 0 Å². The van der Waals surface area contributed by atoms with Crippen LogP contribution in [-0.4, -0.2) is 19.1 Å². The summed E-state index contributed by atoms with van der Waals surface area (Å²) in [6.07, 6.45) is 3.49. The van der Waals surface area contributed by atoms with Gasteiger partial charge in [0.15, 0.2) is 0 Å². The predicted molar refractivity (Wildman–Crippen MR) is 77.4 cm³/mol. The molecule has 1 aromatic heterocycles. The molecule has 0 aliphatic rings. The number of aromatic nitrogens is 1. The number of benzene rings is 1. The quantitative estimate of drug-likeness (QED) is 0.908. The summed E-state index contributed by atoms with van der Waals surface area (Å²) in [6, 6.07) is 8.61. The molecule has 20 heavy (non-hydrogen) atoms. The maximum atomic E-state index is 14.2. The normalized spacial score (nSPS) is 13.8. The minimum Gasteiger partial charge on any atom is -0.496 e. The van der Waals surface area contributed by atoms with Crippen LogP contribution in [0.5, 0.6) is 5.75 Å². The highest BCUT2D eigenvalue weighted by atomic mass is 19.1. The van der Waals surface area contributed by atoms with Gasteiger partial charge in [0.2, 0.25) is 0 Å². The number of likely N-dealkylation sites (N-methyl/N-ethyl adjacent to an activating group) is 1. The van der Waals surface area contributed by atoms with Gasteiger partial charge in [-0.2, -0.15) is 0 Å². The summed E-state index contributed by atoms with van der Waals surface area (Å²) in [6.45, 7) is 2.06. The average Bonchev–Trinajstić information content (AvgIpc) is 2.50. The van der Waals surface area contributed by atoms with Crippen molar-refractivity contribution in [2.24, 2.45) is 0 Å². The van der Waals surface area contributed by atoms with Gasteiger partial charge in [0.05, 0.1) is 7.11 Å². The van der Waals surface area contributed by atoms with Crippen LogP contribution >= 0.6 is 0 Å². The molecule has 2 unspecified atom stereocenters. The van der Waals surface area contributed by atoms with Crippen molar-refractivity contribution in [2.75, 3.05) is 14.2 Å². The second-order valence-corrected chi connectivity index (χ2v) is 4.69. The maximum absolute atomic E-state index is 14.2. The van der Waals surface area contributed by atoms with Crippen molar-refractivity contribution in [3.63, 3.8) is 0 Å². The number of nitrogens with zero attached hydrogens (tertiary/aromatic N) is 1. The van der Waals surface area contributed by atoms with Crippen molar-refractivity contribution < 1.29 is 9.13 Å². The topological polar surface area (TPSA) is 34.1 Å². The molecule has 2 rings (SSSR count). The van der Waals surface area contributed by atoms with Crippen LogP contribution in [0.4, 0.5) is 4.39 Å². The Morgan fingerprint density at radius 1 is 1.20 bits per heavy atom. The molecule has 2 aromatic rings. The average molecular weight is 274 g/mol. The first kappa shape index (κ1) is 14.5. The fourth-order valence-electron chi connectivity index (χ4n) is 2.50. The zero-order chi connectivity index (χ0) is 14.5. The molecule has 0 amide bonds. The summed E-state index contributed by atoms with van der Waals surface area (Å²) in [5.41, 5.74) is 1.66. The minimum absolute atomic E-state index is 0.0915. The second-order valence-electron chi connectivity index (χ2n) is 4.69. The van der Waals surface area contributed by atoms with Crippen molar-refractivity contribution in [2.45, 2.75) is 18.9 Å². The summed E-state index contributed by atoms with van der Waals surface area (Å²) in [5.74, 6) is 0.392. The van der Waals surface area contributed by atoms with Gasteiger partial charge in [0.25, 0.3) is 0 Å². The fraction of sp³-hybridized carbons (Fsp3) is 0.312. The highest BCUT2D eigenvalue weighted by Gasteiger charge is 2.25. The van der Waals surface area contributed by atoms with E-state index in [-0.39, 0.29) is 17.8 Å². The van der Waals surface area contributed by atoms with E-state index in [9.17, 15) is 4.39 Å². The summed E-state index contributed by atoms with van der Waals surface area (Å²) in [5, 5.41) is 3.19. The third-order valence-corrected chi connectivity index (χ3v) is 3.59. The summed E-state index contributed by atoms with van der Waals surface area (Å²) >= 11 is 0. The molecular formula is C16H19FN2O. The van der Waals surface area contributed by atoms with Crippen LogP contribution in [0.2, 0.25) is 0 Å². The predicted octanol–water partition coefficient (Wildman–Crippen LogP) is 3.29. The molecule has 1 aromatic carbocycles. The standard InChI is InChI=1S/C16H19FN2O/c1-11(12-7-9-19-10-8-12)16(18-2)15-13(17)5-4-6-14(15)20-3/h4-11,16,18H,1-3H3. The van der Waals surface area contributed by atoms with Crippen molar-refractivity contribution in [3.05, 3.63) is 59.7 Å². The smallest absolute Gasteiger partial charge is 0.131 e. The lowest BCUT2D eigenvalue weighted by Gasteiger charge is -2.26. The summed E-state index contributed by atoms with van der Waals surface area (Å²) in [4.78, 5) is 4.02. The molecule has 0 saturated carbocycles. The second kappa shape index (κ2) is 6.48. The van der Waals surface area contributed by atoms with Crippen molar-refractivity contribution in [1.29, 1.82) is 0 Å². The van der Waals surface area contributed by atoms with Gasteiger partial charge >= 0.3 is 0 Å². The summed E-state index contributed by atoms with van der Waals surface area (Å²) < 4.78 is 19.5. The van der Waals surface area contributed by atoms with Gasteiger partial charge in [-0.05, 0) is 36.9 Å². The highest BCUT2D eigenvalue weighted by molar-refractivity contribution is 5.39. The van der Waals surface area contributed by atoms with E-state index in [2.05, 4.69) is 17.2 Å². The van der Waals surface area contributed by atoms with E-state index >= 15 is 0 Å². The lowest BCUT2D eigenvalue weighted by Crippen LogP contribution is -2.24. The van der Waals surface area contributed by atoms with Crippen molar-refractivity contribution >= 4 is 0 Å². The Balaban J connectivity index is 2.43. The van der Waals surface area contributed by atoms with Crippen LogP contribution in [0.15, 0.2) is 42.7 Å². The molecule has 0 spiro atoms. The SMILES string of the molecule is CNC(c1c(F)cccc1OC)C(C)c1ccncc1. The number of rotatable bonds is 5. The third-order valence-electron chi connectivity index (χ3n) is 3.59. The zero-order valence-electron chi connectivity index (χ0n) is 11.9. The molecule has 0 bridgehead atoms. The number of pyridine rings is 1. The number of ether oxygens (including phenoxy) is 1. The van der Waals surface area contributed by atoms with Crippen molar-refractivity contribution in [3.8, 4) is 5.75 Å². The van der Waals surface area contributed by atoms with Gasteiger partial charge in [0.1, 0.15) is 11.6 Å². The number of nitrogens with one attached hydrogen (secondary N) is 1. The highest BCUT2D eigenvalue weighted by Crippen LogP contribution is 2.36. The van der Waals surface area contributed by atoms with Gasteiger partial charge < -0.3 is 10.1 Å². The summed E-state index contributed by atoms with van der Waals surface area (Å²) in [7, 11) is 3.39. The molecule has 0 fully saturated rings. The Hall–Kier alpha value is -1.94. The van der Waals surface area contributed by atoms with Crippen LogP contribution in [0.25, 0.3) is 0 Å². The molecule has 0 aliphatic carbocycles. The lowest BCUT2D eigenvalue weighted by atomic mass is 9.88. The molecule has 0 radical (unpaired) electrons. The van der Waals surface area contributed by atoms with Crippen LogP contribution < -0.4 is 10.1 Å². The number of hydrogen-bond acceptors (Lipinski definition) is 3. The molecule has 4 heteroatoms. The van der Waals surface area contributed by atoms with Crippen LogP contribution in [0, 0.1) is 5.82 Å². The van der Waals surface area contributed by atoms with Crippen LogP contribution in [0.1, 0.15) is 30.0 Å². The number of methoxy groups -OCH3 is 1. The number of halogens is 1. The third kappa shape index (κ3) is 2.80. The first-order chi connectivity index (χ1) is 9.69. The van der Waals surface area contributed by atoms with E-state index in [0.717, 1.165) is 5.56 Å². The zero-order valence-corrected chi connectivity index (χ0v) is 11.9. The monoisotopic (exact) mass is 274 g/mol. The van der Waals surface area contributed by atoms with Gasteiger partial charge in [0, 0.05) is 29.9 Å². The van der Waals surface area contributed by atoms with E-state index < -0.39 is 0 Å². The van der Waals surface area contributed by atoms with E-state index in [4.69, 9.17) is 4.74 Å². The first-order valence-corrected chi connectivity index (χ1v) is 6.58. The fourth-order valence-corrected chi connectivity index (χ4v) is 2.50. The molecular weight excluding hydrogens is 255 g/mol. The molecule has 2 atom stereocenters. The van der Waals surface area contributed by atoms with Gasteiger partial charge in [-0.1, -0.05) is 13.0 Å². The molecule has 0 saturated heterocycles. The first-order valence-electron chi connectivity index (χ1n) is 6.58. The number of hydrogen-bond donors (Lipinski definition) is 1. The van der Waals surface area contributed by atoms with Crippen LogP contribution in [-0.2, 0) is 0 Å².